The SMILES string of the molecule is CNC(=O)C(Cc1ccccc1)N(Cc1cccc(Cl)c1)C(=O)COc1ccc(C)cc1. The number of aryl methyl sites for hydroxylation is 1. The lowest BCUT2D eigenvalue weighted by molar-refractivity contribution is -0.142. The zero-order chi connectivity index (χ0) is 22.9. The summed E-state index contributed by atoms with van der Waals surface area (Å²) in [5.74, 6) is 0.0841. The Morgan fingerprint density at radius 1 is 0.969 bits per heavy atom. The topological polar surface area (TPSA) is 58.6 Å². The number of amides is 2. The zero-order valence-electron chi connectivity index (χ0n) is 18.3. The van der Waals surface area contributed by atoms with Gasteiger partial charge >= 0.3 is 0 Å². The standard InChI is InChI=1S/C26H27ClN2O3/c1-19-11-13-23(14-12-19)32-18-25(30)29(17-21-9-6-10-22(27)15-21)24(26(31)28-2)16-20-7-4-3-5-8-20/h3-15,24H,16-18H2,1-2H3,(H,28,31). The molecule has 3 aromatic rings. The van der Waals surface area contributed by atoms with Gasteiger partial charge in [0.25, 0.3) is 5.91 Å². The summed E-state index contributed by atoms with van der Waals surface area (Å²) in [5.41, 5.74) is 2.90. The zero-order valence-corrected chi connectivity index (χ0v) is 19.0. The lowest BCUT2D eigenvalue weighted by atomic mass is 10.0. The molecule has 166 valence electrons. The van der Waals surface area contributed by atoms with E-state index in [1.165, 1.54) is 0 Å². The van der Waals surface area contributed by atoms with Crippen LogP contribution in [0.25, 0.3) is 0 Å². The highest BCUT2D eigenvalue weighted by Crippen LogP contribution is 2.18. The van der Waals surface area contributed by atoms with E-state index in [0.717, 1.165) is 16.7 Å². The van der Waals surface area contributed by atoms with Crippen LogP contribution in [0, 0.1) is 6.92 Å². The number of halogens is 1. The highest BCUT2D eigenvalue weighted by atomic mass is 35.5. The summed E-state index contributed by atoms with van der Waals surface area (Å²) in [7, 11) is 1.57. The molecule has 3 aromatic carbocycles. The first-order chi connectivity index (χ1) is 15.5. The molecule has 0 aliphatic heterocycles. The van der Waals surface area contributed by atoms with E-state index >= 15 is 0 Å². The van der Waals surface area contributed by atoms with Gasteiger partial charge in [0, 0.05) is 25.0 Å². The lowest BCUT2D eigenvalue weighted by Crippen LogP contribution is -2.51. The number of ether oxygens (including phenoxy) is 1. The van der Waals surface area contributed by atoms with E-state index in [2.05, 4.69) is 5.32 Å². The minimum Gasteiger partial charge on any atom is -0.484 e. The van der Waals surface area contributed by atoms with Crippen LogP contribution >= 0.6 is 11.6 Å². The maximum atomic E-state index is 13.3. The summed E-state index contributed by atoms with van der Waals surface area (Å²) in [6.45, 7) is 2.05. The van der Waals surface area contributed by atoms with Crippen molar-refractivity contribution in [3.05, 3.63) is 101 Å². The van der Waals surface area contributed by atoms with Crippen LogP contribution in [-0.4, -0.2) is 36.4 Å². The van der Waals surface area contributed by atoms with Crippen LogP contribution in [0.5, 0.6) is 5.75 Å². The first-order valence-corrected chi connectivity index (χ1v) is 10.8. The van der Waals surface area contributed by atoms with Gasteiger partial charge in [0.15, 0.2) is 6.61 Å². The van der Waals surface area contributed by atoms with Gasteiger partial charge in [0.1, 0.15) is 11.8 Å². The Morgan fingerprint density at radius 2 is 1.66 bits per heavy atom. The van der Waals surface area contributed by atoms with Crippen molar-refractivity contribution in [2.45, 2.75) is 25.9 Å². The fourth-order valence-electron chi connectivity index (χ4n) is 3.42. The van der Waals surface area contributed by atoms with Crippen molar-refractivity contribution in [1.29, 1.82) is 0 Å². The molecular formula is C26H27ClN2O3. The van der Waals surface area contributed by atoms with E-state index in [0.29, 0.717) is 17.2 Å². The Labute approximate surface area is 194 Å². The normalized spacial score (nSPS) is 11.5. The summed E-state index contributed by atoms with van der Waals surface area (Å²) in [6.07, 6.45) is 0.386. The van der Waals surface area contributed by atoms with Gasteiger partial charge in [-0.25, -0.2) is 0 Å². The van der Waals surface area contributed by atoms with Crippen molar-refractivity contribution in [2.75, 3.05) is 13.7 Å². The van der Waals surface area contributed by atoms with Gasteiger partial charge in [-0.05, 0) is 42.3 Å². The number of carbonyl (C=O) groups excluding carboxylic acids is 2. The van der Waals surface area contributed by atoms with E-state index in [-0.39, 0.29) is 25.0 Å². The molecule has 6 heteroatoms. The van der Waals surface area contributed by atoms with Crippen LogP contribution in [0.2, 0.25) is 5.02 Å². The second-order valence-corrected chi connectivity index (χ2v) is 8.01. The molecule has 0 aliphatic rings. The van der Waals surface area contributed by atoms with Crippen molar-refractivity contribution in [3.63, 3.8) is 0 Å². The second kappa shape index (κ2) is 11.3. The summed E-state index contributed by atoms with van der Waals surface area (Å²) in [4.78, 5) is 27.7. The number of hydrogen-bond acceptors (Lipinski definition) is 3. The van der Waals surface area contributed by atoms with Crippen molar-refractivity contribution in [3.8, 4) is 5.75 Å². The van der Waals surface area contributed by atoms with E-state index in [1.807, 2.05) is 73.7 Å². The predicted octanol–water partition coefficient (Wildman–Crippen LogP) is 4.41. The Balaban J connectivity index is 1.86. The molecule has 0 radical (unpaired) electrons. The maximum Gasteiger partial charge on any atom is 0.261 e. The molecule has 0 bridgehead atoms. The minimum atomic E-state index is -0.699. The summed E-state index contributed by atoms with van der Waals surface area (Å²) >= 11 is 6.15. The van der Waals surface area contributed by atoms with Crippen molar-refractivity contribution < 1.29 is 14.3 Å². The molecule has 0 aromatic heterocycles. The van der Waals surface area contributed by atoms with Crippen LogP contribution in [0.15, 0.2) is 78.9 Å². The fraction of sp³-hybridized carbons (Fsp3) is 0.231. The monoisotopic (exact) mass is 450 g/mol. The Morgan fingerprint density at radius 3 is 2.31 bits per heavy atom. The van der Waals surface area contributed by atoms with Crippen LogP contribution in [-0.2, 0) is 22.6 Å². The first kappa shape index (κ1) is 23.4. The highest BCUT2D eigenvalue weighted by Gasteiger charge is 2.30. The second-order valence-electron chi connectivity index (χ2n) is 7.57. The molecule has 1 atom stereocenters. The molecule has 0 fully saturated rings. The van der Waals surface area contributed by atoms with Crippen LogP contribution < -0.4 is 10.1 Å². The van der Waals surface area contributed by atoms with E-state index in [4.69, 9.17) is 16.3 Å². The number of nitrogens with one attached hydrogen (secondary N) is 1. The maximum absolute atomic E-state index is 13.3. The van der Waals surface area contributed by atoms with Gasteiger partial charge in [0.2, 0.25) is 5.91 Å². The molecule has 0 saturated carbocycles. The molecule has 0 spiro atoms. The summed E-state index contributed by atoms with van der Waals surface area (Å²) in [6, 6.07) is 23.7. The number of rotatable bonds is 9. The average molecular weight is 451 g/mol. The Hall–Kier alpha value is -3.31. The third kappa shape index (κ3) is 6.59. The molecular weight excluding hydrogens is 424 g/mol. The molecule has 2 amide bonds. The third-order valence-electron chi connectivity index (χ3n) is 5.14. The largest absolute Gasteiger partial charge is 0.484 e. The smallest absolute Gasteiger partial charge is 0.261 e. The molecule has 1 N–H and O–H groups in total. The Kier molecular flexibility index (Phi) is 8.28. The van der Waals surface area contributed by atoms with E-state index in [1.54, 1.807) is 24.1 Å². The van der Waals surface area contributed by atoms with E-state index in [9.17, 15) is 9.59 Å². The molecule has 5 nitrogen and oxygen atoms in total. The van der Waals surface area contributed by atoms with Crippen LogP contribution in [0.4, 0.5) is 0 Å². The number of benzene rings is 3. The van der Waals surface area contributed by atoms with Crippen LogP contribution in [0.3, 0.4) is 0 Å². The Bertz CT molecular complexity index is 1040. The molecule has 3 rings (SSSR count). The van der Waals surface area contributed by atoms with Gasteiger partial charge in [-0.15, -0.1) is 0 Å². The van der Waals surface area contributed by atoms with Crippen molar-refractivity contribution in [1.82, 2.24) is 10.2 Å². The number of hydrogen-bond donors (Lipinski definition) is 1. The molecule has 0 aliphatic carbocycles. The molecule has 0 heterocycles. The first-order valence-electron chi connectivity index (χ1n) is 10.4. The average Bonchev–Trinajstić information content (AvgIpc) is 2.81. The van der Waals surface area contributed by atoms with Crippen molar-refractivity contribution >= 4 is 23.4 Å². The van der Waals surface area contributed by atoms with Gasteiger partial charge in [0.05, 0.1) is 0 Å². The van der Waals surface area contributed by atoms with Gasteiger partial charge in [-0.2, -0.15) is 0 Å². The van der Waals surface area contributed by atoms with Crippen LogP contribution in [0.1, 0.15) is 16.7 Å². The minimum absolute atomic E-state index is 0.175. The lowest BCUT2D eigenvalue weighted by Gasteiger charge is -2.31. The molecule has 32 heavy (non-hydrogen) atoms. The molecule has 0 saturated heterocycles. The van der Waals surface area contributed by atoms with Gasteiger partial charge < -0.3 is 15.0 Å². The fourth-order valence-corrected chi connectivity index (χ4v) is 3.63. The highest BCUT2D eigenvalue weighted by molar-refractivity contribution is 6.30. The number of carbonyl (C=O) groups is 2. The third-order valence-corrected chi connectivity index (χ3v) is 5.38. The molecule has 1 unspecified atom stereocenters. The predicted molar refractivity (Wildman–Crippen MR) is 127 cm³/mol. The summed E-state index contributed by atoms with van der Waals surface area (Å²) < 4.78 is 5.73. The number of nitrogens with zero attached hydrogens (tertiary/aromatic N) is 1. The van der Waals surface area contributed by atoms with Gasteiger partial charge in [-0.1, -0.05) is 71.8 Å². The van der Waals surface area contributed by atoms with Crippen molar-refractivity contribution in [2.24, 2.45) is 0 Å². The quantitative estimate of drug-likeness (QED) is 0.525. The number of likely N-dealkylation sites (N-methyl/N-ethyl adjacent to an activating group) is 1. The summed E-state index contributed by atoms with van der Waals surface area (Å²) in [5, 5.41) is 3.27. The van der Waals surface area contributed by atoms with Gasteiger partial charge in [-0.3, -0.25) is 9.59 Å². The van der Waals surface area contributed by atoms with E-state index < -0.39 is 6.04 Å².